The molecule has 0 spiro atoms. The van der Waals surface area contributed by atoms with Crippen molar-refractivity contribution in [3.05, 3.63) is 72.6 Å². The Balaban J connectivity index is 1.08. The van der Waals surface area contributed by atoms with E-state index in [1.54, 1.807) is 13.1 Å². The Kier molecular flexibility index (Phi) is 10.6. The molecule has 2 aliphatic heterocycles. The van der Waals surface area contributed by atoms with Crippen molar-refractivity contribution in [3.63, 3.8) is 0 Å². The molecule has 0 bridgehead atoms. The topological polar surface area (TPSA) is 176 Å². The average molecular weight is 685 g/mol. The number of likely N-dealkylation sites (tertiary alicyclic amines) is 1. The number of alkyl carbamates (subject to hydrolysis) is 1. The lowest BCUT2D eigenvalue weighted by molar-refractivity contribution is -0.334. The van der Waals surface area contributed by atoms with Crippen LogP contribution in [0.3, 0.4) is 0 Å². The van der Waals surface area contributed by atoms with Gasteiger partial charge in [-0.3, -0.25) is 14.9 Å². The Morgan fingerprint density at radius 1 is 0.840 bits per heavy atom. The maximum Gasteiger partial charge on any atom is 0.407 e. The second-order valence-electron chi connectivity index (χ2n) is 13.0. The molecule has 2 aromatic heterocycles. The quantitative estimate of drug-likeness (QED) is 0.143. The summed E-state index contributed by atoms with van der Waals surface area (Å²) in [5, 5.41) is 8.51. The van der Waals surface area contributed by atoms with Crippen molar-refractivity contribution in [1.82, 2.24) is 40.8 Å². The van der Waals surface area contributed by atoms with E-state index in [4.69, 9.17) is 9.47 Å². The molecule has 14 heteroatoms. The van der Waals surface area contributed by atoms with Crippen LogP contribution in [0.1, 0.15) is 64.3 Å². The van der Waals surface area contributed by atoms with Crippen LogP contribution in [-0.2, 0) is 23.8 Å². The van der Waals surface area contributed by atoms with Gasteiger partial charge in [-0.25, -0.2) is 14.8 Å². The lowest BCUT2D eigenvalue weighted by Crippen LogP contribution is -2.53. The Morgan fingerprint density at radius 2 is 1.44 bits per heavy atom. The van der Waals surface area contributed by atoms with Gasteiger partial charge in [0.05, 0.1) is 49.0 Å². The number of hydrogen-bond acceptors (Lipinski definition) is 9. The summed E-state index contributed by atoms with van der Waals surface area (Å²) in [5.41, 5.74) is 5.80. The summed E-state index contributed by atoms with van der Waals surface area (Å²) in [6.07, 6.45) is 4.14. The molecule has 0 aliphatic carbocycles. The van der Waals surface area contributed by atoms with Gasteiger partial charge in [0, 0.05) is 6.54 Å². The molecule has 2 saturated heterocycles. The van der Waals surface area contributed by atoms with Crippen molar-refractivity contribution in [2.45, 2.75) is 71.1 Å². The average Bonchev–Trinajstić information content (AvgIpc) is 3.90. The van der Waals surface area contributed by atoms with Crippen LogP contribution in [0, 0.1) is 5.92 Å². The van der Waals surface area contributed by atoms with Crippen molar-refractivity contribution >= 4 is 17.9 Å². The number of nitrogens with zero attached hydrogens (tertiary/aromatic N) is 3. The van der Waals surface area contributed by atoms with Crippen molar-refractivity contribution in [3.8, 4) is 33.6 Å². The second-order valence-corrected chi connectivity index (χ2v) is 13.0. The fraction of sp³-hybridized carbons (Fsp3) is 0.417. The van der Waals surface area contributed by atoms with Gasteiger partial charge in [-0.15, -0.1) is 0 Å². The Labute approximate surface area is 290 Å². The predicted octanol–water partition coefficient (Wildman–Crippen LogP) is 4.62. The highest BCUT2D eigenvalue weighted by molar-refractivity contribution is 5.85. The second kappa shape index (κ2) is 15.2. The normalized spacial score (nSPS) is 18.0. The maximum absolute atomic E-state index is 13.2. The fourth-order valence-electron chi connectivity index (χ4n) is 6.18. The Hall–Kier alpha value is -5.05. The molecule has 6 rings (SSSR count). The number of amides is 3. The molecule has 5 N–H and O–H groups in total. The molecule has 2 aromatic carbocycles. The van der Waals surface area contributed by atoms with E-state index in [2.05, 4.69) is 77.0 Å². The maximum atomic E-state index is 13.2. The summed E-state index contributed by atoms with van der Waals surface area (Å²) >= 11 is 0. The first-order valence-electron chi connectivity index (χ1n) is 16.9. The van der Waals surface area contributed by atoms with Gasteiger partial charge in [-0.2, -0.15) is 0 Å². The highest BCUT2D eigenvalue weighted by Crippen LogP contribution is 2.33. The highest BCUT2D eigenvalue weighted by Gasteiger charge is 2.35. The first-order chi connectivity index (χ1) is 24.1. The zero-order valence-corrected chi connectivity index (χ0v) is 28.9. The summed E-state index contributed by atoms with van der Waals surface area (Å²) in [6, 6.07) is 14.8. The van der Waals surface area contributed by atoms with E-state index < -0.39 is 24.6 Å². The van der Waals surface area contributed by atoms with Gasteiger partial charge in [0.1, 0.15) is 17.7 Å². The molecule has 4 aromatic rings. The van der Waals surface area contributed by atoms with Crippen LogP contribution in [0.15, 0.2) is 60.9 Å². The number of hydrogen-bond donors (Lipinski definition) is 5. The standard InChI is InChI=1S/C36H44N8O6/c1-20(2)30(43-33(45)21(3)39-35(47)48-5)32-38-18-28(42-32)26-14-10-24(11-15-26)23-8-12-25(13-9-23)27-17-37-31(41-27)29-7-6-16-44(29)34(46)22(4)40-36-49-19-50-36/h8-15,17-18,20-22,29-30,36,40H,6-7,16,19H2,1-5H3,(H,37,41)(H,38,42)(H,39,47)(H,43,45)/t21-,22?,29-,30+/m0/s1. The van der Waals surface area contributed by atoms with E-state index in [1.165, 1.54) is 7.11 Å². The number of methoxy groups -OCH3 is 1. The molecule has 2 aliphatic rings. The summed E-state index contributed by atoms with van der Waals surface area (Å²) in [7, 11) is 1.25. The minimum Gasteiger partial charge on any atom is -0.453 e. The van der Waals surface area contributed by atoms with E-state index in [-0.39, 0.29) is 36.6 Å². The molecule has 50 heavy (non-hydrogen) atoms. The number of imidazole rings is 2. The van der Waals surface area contributed by atoms with Crippen LogP contribution in [0.25, 0.3) is 33.6 Å². The molecular formula is C36H44N8O6. The van der Waals surface area contributed by atoms with Gasteiger partial charge >= 0.3 is 6.09 Å². The number of benzene rings is 2. The minimum absolute atomic E-state index is 0.00218. The molecule has 264 valence electrons. The number of rotatable bonds is 12. The summed E-state index contributed by atoms with van der Waals surface area (Å²) in [5.74, 6) is 1.11. The number of ether oxygens (including phenoxy) is 3. The molecule has 4 atom stereocenters. The molecule has 1 unspecified atom stereocenters. The Bertz CT molecular complexity index is 1780. The molecule has 0 radical (unpaired) electrons. The summed E-state index contributed by atoms with van der Waals surface area (Å²) in [4.78, 5) is 55.4. The van der Waals surface area contributed by atoms with E-state index in [0.29, 0.717) is 12.4 Å². The van der Waals surface area contributed by atoms with Crippen molar-refractivity contribution in [2.24, 2.45) is 5.92 Å². The predicted molar refractivity (Wildman–Crippen MR) is 185 cm³/mol. The van der Waals surface area contributed by atoms with Crippen LogP contribution >= 0.6 is 0 Å². The van der Waals surface area contributed by atoms with Crippen molar-refractivity contribution < 1.29 is 28.6 Å². The van der Waals surface area contributed by atoms with Crippen molar-refractivity contribution in [1.29, 1.82) is 0 Å². The van der Waals surface area contributed by atoms with Gasteiger partial charge in [0.25, 0.3) is 0 Å². The van der Waals surface area contributed by atoms with Crippen LogP contribution in [0.4, 0.5) is 4.79 Å². The van der Waals surface area contributed by atoms with E-state index in [1.807, 2.05) is 44.0 Å². The summed E-state index contributed by atoms with van der Waals surface area (Å²) < 4.78 is 15.1. The van der Waals surface area contributed by atoms with Crippen LogP contribution < -0.4 is 16.0 Å². The Morgan fingerprint density at radius 3 is 2.02 bits per heavy atom. The fourth-order valence-corrected chi connectivity index (χ4v) is 6.18. The molecule has 0 saturated carbocycles. The number of aromatic amines is 2. The van der Waals surface area contributed by atoms with Crippen LogP contribution in [-0.4, -0.2) is 81.7 Å². The lowest BCUT2D eigenvalue weighted by Gasteiger charge is -2.32. The number of H-pyrrole nitrogens is 2. The van der Waals surface area contributed by atoms with Gasteiger partial charge in [0.2, 0.25) is 18.2 Å². The zero-order valence-electron chi connectivity index (χ0n) is 28.9. The van der Waals surface area contributed by atoms with Gasteiger partial charge in [-0.05, 0) is 54.9 Å². The SMILES string of the molecule is COC(=O)N[C@@H](C)C(=O)N[C@@H](c1ncc(-c2ccc(-c3ccc(-c4cnc([C@@H]5CCCN5C(=O)C(C)NC5OCO5)[nH]4)cc3)cc2)[nH]1)C(C)C. The monoisotopic (exact) mass is 684 g/mol. The van der Waals surface area contributed by atoms with Crippen LogP contribution in [0.2, 0.25) is 0 Å². The van der Waals surface area contributed by atoms with Crippen molar-refractivity contribution in [2.75, 3.05) is 20.4 Å². The number of nitrogens with one attached hydrogen (secondary N) is 5. The molecule has 4 heterocycles. The third-order valence-corrected chi connectivity index (χ3v) is 9.13. The zero-order chi connectivity index (χ0) is 35.4. The number of carbonyl (C=O) groups excluding carboxylic acids is 3. The van der Waals surface area contributed by atoms with Gasteiger partial charge in [0.15, 0.2) is 6.79 Å². The van der Waals surface area contributed by atoms with Crippen LogP contribution in [0.5, 0.6) is 0 Å². The molecule has 3 amide bonds. The lowest BCUT2D eigenvalue weighted by atomic mass is 10.0. The number of carbonyl (C=O) groups is 3. The molecular weight excluding hydrogens is 640 g/mol. The number of aromatic nitrogens is 4. The first kappa shape index (κ1) is 34.8. The molecule has 14 nitrogen and oxygen atoms in total. The first-order valence-corrected chi connectivity index (χ1v) is 16.9. The third-order valence-electron chi connectivity index (χ3n) is 9.13. The smallest absolute Gasteiger partial charge is 0.407 e. The van der Waals surface area contributed by atoms with Gasteiger partial charge < -0.3 is 39.7 Å². The van der Waals surface area contributed by atoms with E-state index in [0.717, 1.165) is 52.3 Å². The molecule has 2 fully saturated rings. The largest absolute Gasteiger partial charge is 0.453 e. The summed E-state index contributed by atoms with van der Waals surface area (Å²) in [6.45, 7) is 8.32. The van der Waals surface area contributed by atoms with E-state index in [9.17, 15) is 14.4 Å². The highest BCUT2D eigenvalue weighted by atomic mass is 16.9. The minimum atomic E-state index is -0.766. The van der Waals surface area contributed by atoms with E-state index >= 15 is 0 Å². The third kappa shape index (κ3) is 7.72. The van der Waals surface area contributed by atoms with Gasteiger partial charge in [-0.1, -0.05) is 62.4 Å².